The van der Waals surface area contributed by atoms with Gasteiger partial charge in [0.05, 0.1) is 19.8 Å². The molecule has 2 amide bonds. The second-order valence-electron chi connectivity index (χ2n) is 7.58. The van der Waals surface area contributed by atoms with Gasteiger partial charge in [0.15, 0.2) is 0 Å². The van der Waals surface area contributed by atoms with Gasteiger partial charge in [-0.25, -0.2) is 4.98 Å². The maximum absolute atomic E-state index is 12.0. The number of anilines is 1. The molecular weight excluding hydrogens is 510 g/mol. The van der Waals surface area contributed by atoms with Gasteiger partial charge in [0.25, 0.3) is 0 Å². The van der Waals surface area contributed by atoms with Gasteiger partial charge >= 0.3 is 5.97 Å². The zero-order chi connectivity index (χ0) is 27.0. The number of carbonyl (C=O) groups is 3. The lowest BCUT2D eigenvalue weighted by atomic mass is 10.1. The molecule has 0 atom stereocenters. The Bertz CT molecular complexity index is 1000. The van der Waals surface area contributed by atoms with Gasteiger partial charge in [-0.1, -0.05) is 35.9 Å². The molecule has 0 aliphatic heterocycles. The molecule has 4 N–H and O–H groups in total. The van der Waals surface area contributed by atoms with E-state index in [1.54, 1.807) is 0 Å². The van der Waals surface area contributed by atoms with Crippen molar-refractivity contribution in [3.8, 4) is 5.88 Å². The smallest absolute Gasteiger partial charge is 0.323 e. The standard InChI is InChI=1S/C23H30ClN5O8/c1-34-15-21(31)29(12-22(32)33)6-7-35-8-9-36-14-19(30)26-11-16-2-4-17(5-3-16)13-37-20-10-18(24)27-23(25)28-20/h2-5,10H,6-9,11-15H2,1H3,(H,26,30)(H,32,33)(H2,25,27,28). The predicted molar refractivity (Wildman–Crippen MR) is 132 cm³/mol. The lowest BCUT2D eigenvalue weighted by Gasteiger charge is -2.20. The monoisotopic (exact) mass is 539 g/mol. The van der Waals surface area contributed by atoms with Crippen LogP contribution in [0.15, 0.2) is 30.3 Å². The fraction of sp³-hybridized carbons (Fsp3) is 0.435. The van der Waals surface area contributed by atoms with Crippen LogP contribution in [0, 0.1) is 0 Å². The zero-order valence-corrected chi connectivity index (χ0v) is 21.1. The number of nitrogens with two attached hydrogens (primary N) is 1. The first kappa shape index (κ1) is 29.7. The van der Waals surface area contributed by atoms with Gasteiger partial charge in [0.1, 0.15) is 31.5 Å². The van der Waals surface area contributed by atoms with E-state index in [0.717, 1.165) is 16.0 Å². The second-order valence-corrected chi connectivity index (χ2v) is 7.96. The number of nitrogens with zero attached hydrogens (tertiary/aromatic N) is 3. The average molecular weight is 540 g/mol. The van der Waals surface area contributed by atoms with E-state index in [0.29, 0.717) is 6.54 Å². The van der Waals surface area contributed by atoms with Gasteiger partial charge in [-0.3, -0.25) is 14.4 Å². The highest BCUT2D eigenvalue weighted by Crippen LogP contribution is 2.16. The van der Waals surface area contributed by atoms with E-state index in [1.165, 1.54) is 13.2 Å². The Labute approximate surface area is 218 Å². The summed E-state index contributed by atoms with van der Waals surface area (Å²) in [6, 6.07) is 8.92. The highest BCUT2D eigenvalue weighted by atomic mass is 35.5. The number of rotatable bonds is 17. The van der Waals surface area contributed by atoms with Crippen LogP contribution in [-0.2, 0) is 41.7 Å². The summed E-state index contributed by atoms with van der Waals surface area (Å²) in [4.78, 5) is 43.5. The van der Waals surface area contributed by atoms with Crippen molar-refractivity contribution in [3.05, 3.63) is 46.6 Å². The van der Waals surface area contributed by atoms with Crippen LogP contribution in [0.3, 0.4) is 0 Å². The minimum atomic E-state index is -1.13. The Kier molecular flexibility index (Phi) is 13.1. The Balaban J connectivity index is 1.58. The molecule has 202 valence electrons. The van der Waals surface area contributed by atoms with Crippen LogP contribution >= 0.6 is 11.6 Å². The molecule has 2 rings (SSSR count). The number of carboxylic acids is 1. The third-order valence-electron chi connectivity index (χ3n) is 4.65. The lowest BCUT2D eigenvalue weighted by Crippen LogP contribution is -2.40. The van der Waals surface area contributed by atoms with Crippen molar-refractivity contribution >= 4 is 35.3 Å². The van der Waals surface area contributed by atoms with E-state index in [1.807, 2.05) is 24.3 Å². The van der Waals surface area contributed by atoms with Gasteiger partial charge in [-0.2, -0.15) is 4.98 Å². The number of aromatic nitrogens is 2. The number of nitrogen functional groups attached to an aromatic ring is 1. The fourth-order valence-corrected chi connectivity index (χ4v) is 3.06. The molecule has 13 nitrogen and oxygen atoms in total. The molecule has 0 aliphatic carbocycles. The first-order valence-corrected chi connectivity index (χ1v) is 11.6. The number of carbonyl (C=O) groups excluding carboxylic acids is 2. The topological polar surface area (TPSA) is 175 Å². The van der Waals surface area contributed by atoms with Crippen LogP contribution < -0.4 is 15.8 Å². The minimum Gasteiger partial charge on any atom is -0.480 e. The number of benzene rings is 1. The summed E-state index contributed by atoms with van der Waals surface area (Å²) >= 11 is 5.82. The maximum Gasteiger partial charge on any atom is 0.323 e. The Morgan fingerprint density at radius 2 is 1.76 bits per heavy atom. The summed E-state index contributed by atoms with van der Waals surface area (Å²) in [7, 11) is 1.35. The predicted octanol–water partition coefficient (Wildman–Crippen LogP) is 0.500. The fourth-order valence-electron chi connectivity index (χ4n) is 2.88. The van der Waals surface area contributed by atoms with E-state index in [9.17, 15) is 14.4 Å². The Morgan fingerprint density at radius 3 is 2.43 bits per heavy atom. The number of halogens is 1. The molecule has 0 unspecified atom stereocenters. The maximum atomic E-state index is 12.0. The van der Waals surface area contributed by atoms with Crippen molar-refractivity contribution < 1.29 is 38.4 Å². The number of aliphatic carboxylic acids is 1. The first-order valence-electron chi connectivity index (χ1n) is 11.2. The van der Waals surface area contributed by atoms with E-state index >= 15 is 0 Å². The molecule has 0 spiro atoms. The van der Waals surface area contributed by atoms with Gasteiger partial charge in [0, 0.05) is 26.3 Å². The molecule has 2 aromatic rings. The van der Waals surface area contributed by atoms with E-state index < -0.39 is 18.4 Å². The van der Waals surface area contributed by atoms with Gasteiger partial charge in [0.2, 0.25) is 23.6 Å². The molecule has 0 saturated heterocycles. The Morgan fingerprint density at radius 1 is 1.05 bits per heavy atom. The first-order chi connectivity index (χ1) is 17.8. The van der Waals surface area contributed by atoms with Crippen molar-refractivity contribution in [1.82, 2.24) is 20.2 Å². The highest BCUT2D eigenvalue weighted by molar-refractivity contribution is 6.29. The molecule has 0 fully saturated rings. The zero-order valence-electron chi connectivity index (χ0n) is 20.4. The molecule has 0 bridgehead atoms. The van der Waals surface area contributed by atoms with E-state index in [2.05, 4.69) is 15.3 Å². The number of methoxy groups -OCH3 is 1. The van der Waals surface area contributed by atoms with Crippen LogP contribution in [0.25, 0.3) is 0 Å². The SMILES string of the molecule is COCC(=O)N(CCOCCOCC(=O)NCc1ccc(COc2cc(Cl)nc(N)n2)cc1)CC(=O)O. The molecule has 37 heavy (non-hydrogen) atoms. The lowest BCUT2D eigenvalue weighted by molar-refractivity contribution is -0.146. The van der Waals surface area contributed by atoms with Gasteiger partial charge in [-0.05, 0) is 11.1 Å². The van der Waals surface area contributed by atoms with Crippen molar-refractivity contribution in [2.24, 2.45) is 0 Å². The summed E-state index contributed by atoms with van der Waals surface area (Å²) in [5.41, 5.74) is 7.32. The van der Waals surface area contributed by atoms with Crippen LogP contribution in [0.2, 0.25) is 5.15 Å². The van der Waals surface area contributed by atoms with Crippen molar-refractivity contribution in [2.75, 3.05) is 59.0 Å². The molecule has 1 heterocycles. The third-order valence-corrected chi connectivity index (χ3v) is 4.84. The van der Waals surface area contributed by atoms with Crippen molar-refractivity contribution in [1.29, 1.82) is 0 Å². The molecule has 14 heteroatoms. The normalized spacial score (nSPS) is 10.6. The number of ether oxygens (including phenoxy) is 4. The van der Waals surface area contributed by atoms with Crippen LogP contribution in [-0.4, -0.2) is 91.0 Å². The van der Waals surface area contributed by atoms with E-state index in [-0.39, 0.29) is 69.1 Å². The number of amides is 2. The quantitative estimate of drug-likeness (QED) is 0.188. The summed E-state index contributed by atoms with van der Waals surface area (Å²) < 4.78 is 20.9. The molecular formula is C23H30ClN5O8. The molecule has 1 aromatic heterocycles. The largest absolute Gasteiger partial charge is 0.480 e. The Hall–Kier alpha value is -3.52. The molecule has 0 aliphatic rings. The number of nitrogens with one attached hydrogen (secondary N) is 1. The summed E-state index contributed by atoms with van der Waals surface area (Å²) in [6.45, 7) is 0.372. The highest BCUT2D eigenvalue weighted by Gasteiger charge is 2.16. The van der Waals surface area contributed by atoms with Gasteiger partial charge in [-0.15, -0.1) is 0 Å². The number of hydrogen-bond donors (Lipinski definition) is 3. The average Bonchev–Trinajstić information content (AvgIpc) is 2.85. The summed E-state index contributed by atoms with van der Waals surface area (Å²) in [5.74, 6) is -1.55. The minimum absolute atomic E-state index is 0.0285. The summed E-state index contributed by atoms with van der Waals surface area (Å²) in [5, 5.41) is 11.8. The molecule has 1 aromatic carbocycles. The van der Waals surface area contributed by atoms with Crippen LogP contribution in [0.4, 0.5) is 5.95 Å². The van der Waals surface area contributed by atoms with Crippen LogP contribution in [0.1, 0.15) is 11.1 Å². The molecule has 0 radical (unpaired) electrons. The molecule has 0 saturated carbocycles. The van der Waals surface area contributed by atoms with Crippen LogP contribution in [0.5, 0.6) is 5.88 Å². The van der Waals surface area contributed by atoms with E-state index in [4.69, 9.17) is 41.4 Å². The van der Waals surface area contributed by atoms with Crippen molar-refractivity contribution in [3.63, 3.8) is 0 Å². The third kappa shape index (κ3) is 12.3. The van der Waals surface area contributed by atoms with Gasteiger partial charge < -0.3 is 40.0 Å². The van der Waals surface area contributed by atoms with Crippen molar-refractivity contribution in [2.45, 2.75) is 13.2 Å². The number of hydrogen-bond acceptors (Lipinski definition) is 10. The second kappa shape index (κ2) is 16.3. The number of carboxylic acid groups (broad SMARTS) is 1. The summed E-state index contributed by atoms with van der Waals surface area (Å²) in [6.07, 6.45) is 0.